The van der Waals surface area contributed by atoms with E-state index < -0.39 is 15.6 Å². The van der Waals surface area contributed by atoms with E-state index in [9.17, 15) is 8.42 Å². The van der Waals surface area contributed by atoms with E-state index in [4.69, 9.17) is 10.3 Å². The standard InChI is InChI=1S/C19H26N4O3S/c1-13-4-5-16(12-14(13)2)27(24,25)23-10-6-15(7-11-23)17-21-18(22-26-17)19(20)8-3-9-19/h4-5,12,15H,3,6-11,20H2,1-2H3. The molecule has 8 heteroatoms. The van der Waals surface area contributed by atoms with E-state index in [0.717, 1.165) is 30.4 Å². The highest BCUT2D eigenvalue weighted by Crippen LogP contribution is 2.38. The summed E-state index contributed by atoms with van der Waals surface area (Å²) < 4.78 is 32.9. The minimum Gasteiger partial charge on any atom is -0.339 e. The zero-order valence-corrected chi connectivity index (χ0v) is 16.6. The lowest BCUT2D eigenvalue weighted by atomic mass is 9.77. The van der Waals surface area contributed by atoms with Gasteiger partial charge in [0.15, 0.2) is 5.82 Å². The first-order valence-corrected chi connectivity index (χ1v) is 10.9. The summed E-state index contributed by atoms with van der Waals surface area (Å²) in [5.41, 5.74) is 7.89. The predicted octanol–water partition coefficient (Wildman–Crippen LogP) is 2.59. The van der Waals surface area contributed by atoms with Crippen LogP contribution in [0.15, 0.2) is 27.6 Å². The number of aryl methyl sites for hydroxylation is 2. The largest absolute Gasteiger partial charge is 0.339 e. The number of aromatic nitrogens is 2. The SMILES string of the molecule is Cc1ccc(S(=O)(=O)N2CCC(c3nc(C4(N)CCC4)no3)CC2)cc1C. The zero-order valence-electron chi connectivity index (χ0n) is 15.8. The van der Waals surface area contributed by atoms with E-state index in [0.29, 0.717) is 42.5 Å². The minimum atomic E-state index is -3.47. The summed E-state index contributed by atoms with van der Waals surface area (Å²) in [5.74, 6) is 1.26. The third kappa shape index (κ3) is 3.30. The molecular weight excluding hydrogens is 364 g/mol. The second-order valence-electron chi connectivity index (χ2n) is 7.89. The van der Waals surface area contributed by atoms with Crippen molar-refractivity contribution < 1.29 is 12.9 Å². The lowest BCUT2D eigenvalue weighted by Crippen LogP contribution is -2.44. The van der Waals surface area contributed by atoms with Gasteiger partial charge in [-0.3, -0.25) is 0 Å². The maximum Gasteiger partial charge on any atom is 0.243 e. The smallest absolute Gasteiger partial charge is 0.243 e. The average Bonchev–Trinajstić information content (AvgIpc) is 3.12. The molecule has 1 saturated carbocycles. The van der Waals surface area contributed by atoms with Crippen molar-refractivity contribution in [1.29, 1.82) is 0 Å². The molecule has 146 valence electrons. The van der Waals surface area contributed by atoms with Gasteiger partial charge in [0.25, 0.3) is 0 Å². The fourth-order valence-corrected chi connectivity index (χ4v) is 5.31. The third-order valence-electron chi connectivity index (χ3n) is 6.05. The predicted molar refractivity (Wildman–Crippen MR) is 101 cm³/mol. The third-order valence-corrected chi connectivity index (χ3v) is 7.95. The number of rotatable bonds is 4. The Morgan fingerprint density at radius 3 is 2.48 bits per heavy atom. The Kier molecular flexibility index (Phi) is 4.60. The highest BCUT2D eigenvalue weighted by atomic mass is 32.2. The Hall–Kier alpha value is -1.77. The summed E-state index contributed by atoms with van der Waals surface area (Å²) in [4.78, 5) is 4.88. The Bertz CT molecular complexity index is 942. The fourth-order valence-electron chi connectivity index (χ4n) is 3.75. The number of piperidine rings is 1. The Morgan fingerprint density at radius 2 is 1.89 bits per heavy atom. The average molecular weight is 391 g/mol. The van der Waals surface area contributed by atoms with Gasteiger partial charge >= 0.3 is 0 Å². The van der Waals surface area contributed by atoms with Crippen molar-refractivity contribution >= 4 is 10.0 Å². The van der Waals surface area contributed by atoms with Gasteiger partial charge in [-0.25, -0.2) is 8.42 Å². The molecule has 2 N–H and O–H groups in total. The van der Waals surface area contributed by atoms with E-state index >= 15 is 0 Å². The first kappa shape index (κ1) is 18.6. The van der Waals surface area contributed by atoms with Gasteiger partial charge in [-0.05, 0) is 69.2 Å². The molecule has 0 amide bonds. The van der Waals surface area contributed by atoms with Gasteiger partial charge in [0.1, 0.15) is 0 Å². The number of hydrogen-bond acceptors (Lipinski definition) is 6. The molecule has 7 nitrogen and oxygen atoms in total. The van der Waals surface area contributed by atoms with E-state index in [1.54, 1.807) is 16.4 Å². The normalized spacial score (nSPS) is 21.1. The summed E-state index contributed by atoms with van der Waals surface area (Å²) in [6.45, 7) is 4.81. The van der Waals surface area contributed by atoms with Crippen LogP contribution in [0.4, 0.5) is 0 Å². The van der Waals surface area contributed by atoms with Crippen molar-refractivity contribution in [3.05, 3.63) is 41.0 Å². The maximum absolute atomic E-state index is 12.9. The topological polar surface area (TPSA) is 102 Å². The number of nitrogens with two attached hydrogens (primary N) is 1. The molecule has 0 spiro atoms. The molecule has 0 atom stereocenters. The summed E-state index contributed by atoms with van der Waals surface area (Å²) in [6, 6.07) is 5.30. The molecule has 1 aromatic heterocycles. The Morgan fingerprint density at radius 1 is 1.19 bits per heavy atom. The quantitative estimate of drug-likeness (QED) is 0.861. The summed E-state index contributed by atoms with van der Waals surface area (Å²) in [7, 11) is -3.47. The van der Waals surface area contributed by atoms with Gasteiger partial charge in [0, 0.05) is 19.0 Å². The highest BCUT2D eigenvalue weighted by Gasteiger charge is 2.40. The van der Waals surface area contributed by atoms with Gasteiger partial charge in [0.2, 0.25) is 15.9 Å². The molecule has 0 unspecified atom stereocenters. The highest BCUT2D eigenvalue weighted by molar-refractivity contribution is 7.89. The number of benzene rings is 1. The van der Waals surface area contributed by atoms with Crippen molar-refractivity contribution in [2.24, 2.45) is 5.73 Å². The van der Waals surface area contributed by atoms with Crippen LogP contribution in [0.5, 0.6) is 0 Å². The van der Waals surface area contributed by atoms with Crippen molar-refractivity contribution in [2.75, 3.05) is 13.1 Å². The van der Waals surface area contributed by atoms with Crippen molar-refractivity contribution in [1.82, 2.24) is 14.4 Å². The molecule has 0 bridgehead atoms. The summed E-state index contributed by atoms with van der Waals surface area (Å²) in [6.07, 6.45) is 4.21. The molecule has 1 saturated heterocycles. The molecule has 0 radical (unpaired) electrons. The van der Waals surface area contributed by atoms with Crippen molar-refractivity contribution in [3.63, 3.8) is 0 Å². The van der Waals surface area contributed by atoms with Crippen molar-refractivity contribution in [2.45, 2.75) is 62.3 Å². The van der Waals surface area contributed by atoms with Gasteiger partial charge in [-0.2, -0.15) is 9.29 Å². The van der Waals surface area contributed by atoms with Crippen LogP contribution in [0.2, 0.25) is 0 Å². The van der Waals surface area contributed by atoms with E-state index in [1.807, 2.05) is 19.9 Å². The van der Waals surface area contributed by atoms with Crippen LogP contribution in [0, 0.1) is 13.8 Å². The fraction of sp³-hybridized carbons (Fsp3) is 0.579. The maximum atomic E-state index is 12.9. The lowest BCUT2D eigenvalue weighted by Gasteiger charge is -2.34. The van der Waals surface area contributed by atoms with Crippen LogP contribution in [0.25, 0.3) is 0 Å². The van der Waals surface area contributed by atoms with Gasteiger partial charge in [0.05, 0.1) is 10.4 Å². The molecule has 4 rings (SSSR count). The van der Waals surface area contributed by atoms with Gasteiger partial charge in [-0.15, -0.1) is 0 Å². The second kappa shape index (κ2) is 6.68. The Balaban J connectivity index is 1.45. The molecular formula is C19H26N4O3S. The van der Waals surface area contributed by atoms with E-state index in [2.05, 4.69) is 10.1 Å². The molecule has 27 heavy (non-hydrogen) atoms. The van der Waals surface area contributed by atoms with Crippen LogP contribution >= 0.6 is 0 Å². The second-order valence-corrected chi connectivity index (χ2v) is 9.83. The zero-order chi connectivity index (χ0) is 19.2. The Labute approximate surface area is 160 Å². The molecule has 1 aliphatic carbocycles. The molecule has 1 aromatic carbocycles. The molecule has 2 heterocycles. The summed E-state index contributed by atoms with van der Waals surface area (Å²) in [5, 5.41) is 4.08. The summed E-state index contributed by atoms with van der Waals surface area (Å²) >= 11 is 0. The molecule has 2 fully saturated rings. The van der Waals surface area contributed by atoms with E-state index in [-0.39, 0.29) is 5.92 Å². The minimum absolute atomic E-state index is 0.0844. The van der Waals surface area contributed by atoms with Crippen LogP contribution < -0.4 is 5.73 Å². The van der Waals surface area contributed by atoms with Gasteiger partial charge < -0.3 is 10.3 Å². The molecule has 2 aliphatic rings. The van der Waals surface area contributed by atoms with E-state index in [1.165, 1.54) is 0 Å². The molecule has 1 aliphatic heterocycles. The first-order valence-electron chi connectivity index (χ1n) is 9.50. The number of hydrogen-bond donors (Lipinski definition) is 1. The first-order chi connectivity index (χ1) is 12.8. The van der Waals surface area contributed by atoms with Crippen LogP contribution in [0.3, 0.4) is 0 Å². The van der Waals surface area contributed by atoms with Crippen LogP contribution in [0.1, 0.15) is 60.9 Å². The van der Waals surface area contributed by atoms with Crippen molar-refractivity contribution in [3.8, 4) is 0 Å². The van der Waals surface area contributed by atoms with Crippen LogP contribution in [-0.2, 0) is 15.6 Å². The monoisotopic (exact) mass is 390 g/mol. The number of nitrogens with zero attached hydrogens (tertiary/aromatic N) is 3. The van der Waals surface area contributed by atoms with Gasteiger partial charge in [-0.1, -0.05) is 11.2 Å². The number of sulfonamides is 1. The lowest BCUT2D eigenvalue weighted by molar-refractivity contribution is 0.227. The molecule has 2 aromatic rings. The van der Waals surface area contributed by atoms with Crippen LogP contribution in [-0.4, -0.2) is 36.0 Å².